The van der Waals surface area contributed by atoms with Crippen LogP contribution in [0.15, 0.2) is 9.78 Å². The molecule has 1 fully saturated rings. The Kier molecular flexibility index (Phi) is 4.24. The van der Waals surface area contributed by atoms with Gasteiger partial charge in [-0.05, 0) is 35.4 Å². The van der Waals surface area contributed by atoms with Gasteiger partial charge in [0.2, 0.25) is 0 Å². The van der Waals surface area contributed by atoms with Crippen molar-refractivity contribution in [2.75, 3.05) is 32.8 Å². The van der Waals surface area contributed by atoms with Crippen molar-refractivity contribution in [2.24, 2.45) is 0 Å². The molecule has 2 aliphatic heterocycles. The first-order valence-electron chi connectivity index (χ1n) is 5.51. The van der Waals surface area contributed by atoms with Crippen LogP contribution in [-0.4, -0.2) is 53.8 Å². The van der Waals surface area contributed by atoms with Crippen LogP contribution in [0.5, 0.6) is 0 Å². The first-order chi connectivity index (χ1) is 7.29. The number of likely N-dealkylation sites (tertiary alicyclic amines) is 1. The van der Waals surface area contributed by atoms with Crippen molar-refractivity contribution in [3.63, 3.8) is 0 Å². The zero-order valence-electron chi connectivity index (χ0n) is 8.82. The van der Waals surface area contributed by atoms with Crippen molar-refractivity contribution in [3.05, 3.63) is 9.78 Å². The van der Waals surface area contributed by atoms with Gasteiger partial charge in [0, 0.05) is 42.0 Å². The number of β-amino-alcohol motifs (C(OH)–C–C–N with tert-alkyl or cyclic N) is 1. The summed E-state index contributed by atoms with van der Waals surface area (Å²) in [4.78, 5) is 2.33. The van der Waals surface area contributed by atoms with Crippen molar-refractivity contribution >= 4 is 22.6 Å². The fourth-order valence-electron chi connectivity index (χ4n) is 2.21. The van der Waals surface area contributed by atoms with Crippen LogP contribution in [0, 0.1) is 0 Å². The normalized spacial score (nSPS) is 24.7. The van der Waals surface area contributed by atoms with Gasteiger partial charge in [0.25, 0.3) is 0 Å². The number of hydrazine groups is 1. The molecule has 0 atom stereocenters. The van der Waals surface area contributed by atoms with E-state index in [0.29, 0.717) is 6.04 Å². The van der Waals surface area contributed by atoms with Gasteiger partial charge in [0.1, 0.15) is 0 Å². The summed E-state index contributed by atoms with van der Waals surface area (Å²) in [6.07, 6.45) is 4.59. The van der Waals surface area contributed by atoms with E-state index in [4.69, 9.17) is 5.11 Å². The maximum Gasteiger partial charge on any atom is 0.0558 e. The van der Waals surface area contributed by atoms with Crippen LogP contribution in [0.1, 0.15) is 12.8 Å². The van der Waals surface area contributed by atoms with Crippen molar-refractivity contribution in [2.45, 2.75) is 18.9 Å². The van der Waals surface area contributed by atoms with Crippen molar-refractivity contribution in [1.29, 1.82) is 0 Å². The van der Waals surface area contributed by atoms with Crippen LogP contribution in [0.2, 0.25) is 0 Å². The molecule has 2 aliphatic rings. The molecular formula is C10H18IN3O. The Bertz CT molecular complexity index is 239. The third-order valence-electron chi connectivity index (χ3n) is 3.08. The standard InChI is InChI=1S/C10H18IN3O/c11-9-7-12-14(8-9)10-1-3-13(4-2-10)5-6-15/h8,10,12,15H,1-7H2. The minimum absolute atomic E-state index is 0.282. The molecule has 0 amide bonds. The molecule has 5 heteroatoms. The number of aliphatic hydroxyl groups excluding tert-OH is 1. The Balaban J connectivity index is 1.78. The predicted molar refractivity (Wildman–Crippen MR) is 68.5 cm³/mol. The van der Waals surface area contributed by atoms with Gasteiger partial charge in [0.05, 0.1) is 6.61 Å². The van der Waals surface area contributed by atoms with E-state index in [1.165, 1.54) is 16.4 Å². The summed E-state index contributed by atoms with van der Waals surface area (Å²) in [5, 5.41) is 11.1. The highest BCUT2D eigenvalue weighted by atomic mass is 127. The quantitative estimate of drug-likeness (QED) is 0.744. The minimum Gasteiger partial charge on any atom is -0.395 e. The maximum absolute atomic E-state index is 8.86. The lowest BCUT2D eigenvalue weighted by atomic mass is 10.1. The number of aliphatic hydroxyl groups is 1. The second-order valence-electron chi connectivity index (χ2n) is 4.11. The highest BCUT2D eigenvalue weighted by molar-refractivity contribution is 14.1. The molecular weight excluding hydrogens is 305 g/mol. The fourth-order valence-corrected chi connectivity index (χ4v) is 2.68. The zero-order valence-corrected chi connectivity index (χ0v) is 11.0. The molecule has 0 aliphatic carbocycles. The minimum atomic E-state index is 0.282. The van der Waals surface area contributed by atoms with Crippen molar-refractivity contribution in [3.8, 4) is 0 Å². The highest BCUT2D eigenvalue weighted by Crippen LogP contribution is 2.20. The predicted octanol–water partition coefficient (Wildman–Crippen LogP) is 0.540. The number of hydrogen-bond donors (Lipinski definition) is 2. The first-order valence-corrected chi connectivity index (χ1v) is 6.58. The zero-order chi connectivity index (χ0) is 10.7. The van der Waals surface area contributed by atoms with E-state index in [1.54, 1.807) is 0 Å². The van der Waals surface area contributed by atoms with Crippen LogP contribution in [0.4, 0.5) is 0 Å². The summed E-state index contributed by atoms with van der Waals surface area (Å²) < 4.78 is 1.38. The Hall–Kier alpha value is 0.150. The molecule has 2 N–H and O–H groups in total. The van der Waals surface area contributed by atoms with E-state index in [9.17, 15) is 0 Å². The lowest BCUT2D eigenvalue weighted by Gasteiger charge is -2.36. The summed E-state index contributed by atoms with van der Waals surface area (Å²) in [5.41, 5.74) is 3.39. The molecule has 0 spiro atoms. The highest BCUT2D eigenvalue weighted by Gasteiger charge is 2.24. The Morgan fingerprint density at radius 1 is 1.47 bits per heavy atom. The summed E-state index contributed by atoms with van der Waals surface area (Å²) in [6.45, 7) is 4.30. The molecule has 2 heterocycles. The SMILES string of the molecule is OCCN1CCC(N2C=C(I)CN2)CC1. The monoisotopic (exact) mass is 323 g/mol. The summed E-state index contributed by atoms with van der Waals surface area (Å²) >= 11 is 2.37. The van der Waals surface area contributed by atoms with Crippen LogP contribution in [0.25, 0.3) is 0 Å². The molecule has 0 aromatic rings. The molecule has 86 valence electrons. The molecule has 15 heavy (non-hydrogen) atoms. The number of halogens is 1. The molecule has 0 unspecified atom stereocenters. The van der Waals surface area contributed by atoms with E-state index in [-0.39, 0.29) is 6.61 Å². The van der Waals surface area contributed by atoms with Crippen molar-refractivity contribution < 1.29 is 5.11 Å². The van der Waals surface area contributed by atoms with Gasteiger partial charge < -0.3 is 15.0 Å². The van der Waals surface area contributed by atoms with E-state index >= 15 is 0 Å². The number of nitrogens with one attached hydrogen (secondary N) is 1. The van der Waals surface area contributed by atoms with Gasteiger partial charge in [-0.3, -0.25) is 0 Å². The third kappa shape index (κ3) is 3.05. The second kappa shape index (κ2) is 5.47. The number of nitrogens with zero attached hydrogens (tertiary/aromatic N) is 2. The van der Waals surface area contributed by atoms with E-state index < -0.39 is 0 Å². The molecule has 0 saturated carbocycles. The largest absolute Gasteiger partial charge is 0.395 e. The average molecular weight is 323 g/mol. The summed E-state index contributed by atoms with van der Waals surface area (Å²) in [6, 6.07) is 0.632. The molecule has 0 radical (unpaired) electrons. The Labute approximate surface area is 104 Å². The van der Waals surface area contributed by atoms with Crippen LogP contribution < -0.4 is 5.43 Å². The van der Waals surface area contributed by atoms with E-state index in [0.717, 1.165) is 26.2 Å². The van der Waals surface area contributed by atoms with Crippen LogP contribution in [-0.2, 0) is 0 Å². The molecule has 0 bridgehead atoms. The summed E-state index contributed by atoms with van der Waals surface area (Å²) in [5.74, 6) is 0. The van der Waals surface area contributed by atoms with Gasteiger partial charge in [-0.1, -0.05) is 0 Å². The molecule has 2 rings (SSSR count). The lowest BCUT2D eigenvalue weighted by molar-refractivity contribution is 0.105. The second-order valence-corrected chi connectivity index (χ2v) is 5.50. The summed E-state index contributed by atoms with van der Waals surface area (Å²) in [7, 11) is 0. The molecule has 1 saturated heterocycles. The molecule has 4 nitrogen and oxygen atoms in total. The van der Waals surface area contributed by atoms with E-state index in [1.807, 2.05) is 0 Å². The number of rotatable bonds is 3. The molecule has 0 aromatic heterocycles. The molecule has 0 aromatic carbocycles. The Morgan fingerprint density at radius 2 is 2.20 bits per heavy atom. The lowest BCUT2D eigenvalue weighted by Crippen LogP contribution is -2.46. The van der Waals surface area contributed by atoms with Gasteiger partial charge in [-0.25, -0.2) is 5.43 Å². The van der Waals surface area contributed by atoms with Gasteiger partial charge in [0.15, 0.2) is 0 Å². The smallest absolute Gasteiger partial charge is 0.0558 e. The Morgan fingerprint density at radius 3 is 2.73 bits per heavy atom. The number of hydrogen-bond acceptors (Lipinski definition) is 4. The van der Waals surface area contributed by atoms with Gasteiger partial charge >= 0.3 is 0 Å². The topological polar surface area (TPSA) is 38.7 Å². The number of piperidine rings is 1. The average Bonchev–Trinajstić information content (AvgIpc) is 2.67. The van der Waals surface area contributed by atoms with Gasteiger partial charge in [-0.2, -0.15) is 0 Å². The van der Waals surface area contributed by atoms with Crippen molar-refractivity contribution in [1.82, 2.24) is 15.3 Å². The fraction of sp³-hybridized carbons (Fsp3) is 0.800. The third-order valence-corrected chi connectivity index (χ3v) is 3.74. The first kappa shape index (κ1) is 11.6. The van der Waals surface area contributed by atoms with Gasteiger partial charge in [-0.15, -0.1) is 0 Å². The maximum atomic E-state index is 8.86. The van der Waals surface area contributed by atoms with Crippen LogP contribution in [0.3, 0.4) is 0 Å². The van der Waals surface area contributed by atoms with E-state index in [2.05, 4.69) is 44.1 Å². The van der Waals surface area contributed by atoms with Crippen LogP contribution >= 0.6 is 22.6 Å².